The fourth-order valence-corrected chi connectivity index (χ4v) is 2.72. The zero-order valence-corrected chi connectivity index (χ0v) is 15.2. The number of hydrogen-bond acceptors (Lipinski definition) is 4. The van der Waals surface area contributed by atoms with E-state index in [-0.39, 0.29) is 12.1 Å². The molecule has 0 aliphatic carbocycles. The third-order valence-corrected chi connectivity index (χ3v) is 4.39. The van der Waals surface area contributed by atoms with Gasteiger partial charge in [-0.1, -0.05) is 17.7 Å². The van der Waals surface area contributed by atoms with E-state index in [4.69, 9.17) is 4.74 Å². The molecule has 2 amide bonds. The molecule has 24 heavy (non-hydrogen) atoms. The van der Waals surface area contributed by atoms with Gasteiger partial charge >= 0.3 is 6.03 Å². The Labute approximate surface area is 145 Å². The quantitative estimate of drug-likeness (QED) is 0.824. The first kappa shape index (κ1) is 18.5. The fourth-order valence-electron chi connectivity index (χ4n) is 2.72. The predicted octanol–water partition coefficient (Wildman–Crippen LogP) is 1.31. The topological polar surface area (TPSA) is 56.8 Å². The predicted molar refractivity (Wildman–Crippen MR) is 96.6 cm³/mol. The number of hydrogen-bond donors (Lipinski definition) is 2. The Morgan fingerprint density at radius 3 is 2.67 bits per heavy atom. The first-order valence-electron chi connectivity index (χ1n) is 8.58. The summed E-state index contributed by atoms with van der Waals surface area (Å²) >= 11 is 0. The summed E-state index contributed by atoms with van der Waals surface area (Å²) in [6.45, 7) is 8.20. The summed E-state index contributed by atoms with van der Waals surface area (Å²) in [5.74, 6) is 0.821. The molecule has 2 N–H and O–H groups in total. The first-order valence-corrected chi connectivity index (χ1v) is 8.58. The summed E-state index contributed by atoms with van der Waals surface area (Å²) in [6, 6.07) is 8.13. The van der Waals surface area contributed by atoms with E-state index in [1.165, 1.54) is 5.56 Å². The molecule has 6 heteroatoms. The van der Waals surface area contributed by atoms with Crippen molar-refractivity contribution in [2.45, 2.75) is 26.0 Å². The van der Waals surface area contributed by atoms with Crippen molar-refractivity contribution in [3.8, 4) is 5.75 Å². The van der Waals surface area contributed by atoms with Crippen LogP contribution in [-0.4, -0.2) is 74.8 Å². The van der Waals surface area contributed by atoms with E-state index in [0.717, 1.165) is 25.4 Å². The molecule has 0 aromatic heterocycles. The highest BCUT2D eigenvalue weighted by molar-refractivity contribution is 5.73. The Kier molecular flexibility index (Phi) is 6.87. The summed E-state index contributed by atoms with van der Waals surface area (Å²) < 4.78 is 5.79. The molecule has 0 saturated carbocycles. The highest BCUT2D eigenvalue weighted by Gasteiger charge is 2.22. The second-order valence-electron chi connectivity index (χ2n) is 6.73. The van der Waals surface area contributed by atoms with Crippen molar-refractivity contribution in [3.63, 3.8) is 0 Å². The Hall–Kier alpha value is -1.79. The largest absolute Gasteiger partial charge is 0.489 e. The lowest BCUT2D eigenvalue weighted by Crippen LogP contribution is -2.55. The zero-order chi connectivity index (χ0) is 17.5. The van der Waals surface area contributed by atoms with E-state index < -0.39 is 0 Å². The number of aryl methyl sites for hydroxylation is 1. The number of nitrogens with zero attached hydrogens (tertiary/aromatic N) is 2. The van der Waals surface area contributed by atoms with Crippen molar-refractivity contribution in [1.82, 2.24) is 20.4 Å². The Balaban J connectivity index is 1.66. The van der Waals surface area contributed by atoms with Crippen LogP contribution in [0.5, 0.6) is 5.75 Å². The highest BCUT2D eigenvalue weighted by atomic mass is 16.5. The molecule has 1 fully saturated rings. The van der Waals surface area contributed by atoms with E-state index in [1.807, 2.05) is 38.1 Å². The number of carbonyl (C=O) groups excluding carboxylic acids is 1. The smallest absolute Gasteiger partial charge is 0.314 e. The van der Waals surface area contributed by atoms with Crippen molar-refractivity contribution < 1.29 is 9.53 Å². The molecule has 6 nitrogen and oxygen atoms in total. The summed E-state index contributed by atoms with van der Waals surface area (Å²) in [5.41, 5.74) is 1.20. The van der Waals surface area contributed by atoms with Crippen molar-refractivity contribution >= 4 is 6.03 Å². The lowest BCUT2D eigenvalue weighted by molar-refractivity contribution is 0.114. The minimum absolute atomic E-state index is 0.0815. The van der Waals surface area contributed by atoms with Crippen LogP contribution in [0.4, 0.5) is 4.79 Å². The number of nitrogens with one attached hydrogen (secondary N) is 2. The molecule has 1 heterocycles. The number of carbonyl (C=O) groups is 1. The van der Waals surface area contributed by atoms with E-state index in [2.05, 4.69) is 34.5 Å². The fraction of sp³-hybridized carbons (Fsp3) is 0.611. The van der Waals surface area contributed by atoms with Crippen molar-refractivity contribution in [1.29, 1.82) is 0 Å². The summed E-state index contributed by atoms with van der Waals surface area (Å²) in [4.78, 5) is 16.6. The molecule has 0 unspecified atom stereocenters. The molecule has 1 aliphatic heterocycles. The van der Waals surface area contributed by atoms with Crippen LogP contribution in [0.15, 0.2) is 24.3 Å². The average molecular weight is 334 g/mol. The van der Waals surface area contributed by atoms with Crippen LogP contribution in [0.2, 0.25) is 0 Å². The van der Waals surface area contributed by atoms with Gasteiger partial charge in [-0.25, -0.2) is 4.79 Å². The minimum Gasteiger partial charge on any atom is -0.489 e. The van der Waals surface area contributed by atoms with Gasteiger partial charge in [-0.15, -0.1) is 0 Å². The van der Waals surface area contributed by atoms with Crippen molar-refractivity contribution in [3.05, 3.63) is 29.8 Å². The Morgan fingerprint density at radius 2 is 1.96 bits per heavy atom. The van der Waals surface area contributed by atoms with E-state index in [9.17, 15) is 4.79 Å². The number of benzene rings is 1. The Morgan fingerprint density at radius 1 is 1.25 bits per heavy atom. The summed E-state index contributed by atoms with van der Waals surface area (Å²) in [5, 5.41) is 5.83. The molecule has 1 aromatic rings. The maximum absolute atomic E-state index is 12.0. The van der Waals surface area contributed by atoms with Gasteiger partial charge in [0, 0.05) is 32.2 Å². The molecule has 0 radical (unpaired) electrons. The third kappa shape index (κ3) is 6.02. The van der Waals surface area contributed by atoms with Gasteiger partial charge in [0.05, 0.1) is 6.54 Å². The van der Waals surface area contributed by atoms with Gasteiger partial charge in [-0.05, 0) is 40.1 Å². The maximum Gasteiger partial charge on any atom is 0.314 e. The zero-order valence-electron chi connectivity index (χ0n) is 15.2. The lowest BCUT2D eigenvalue weighted by atomic mass is 10.2. The molecule has 134 valence electrons. The number of amides is 2. The van der Waals surface area contributed by atoms with Crippen molar-refractivity contribution in [2.75, 3.05) is 46.8 Å². The summed E-state index contributed by atoms with van der Waals surface area (Å²) in [7, 11) is 4.22. The Bertz CT molecular complexity index is 520. The van der Waals surface area contributed by atoms with Gasteiger partial charge in [-0.3, -0.25) is 4.90 Å². The number of likely N-dealkylation sites (N-methyl/N-ethyl adjacent to an activating group) is 2. The van der Waals surface area contributed by atoms with Gasteiger partial charge in [0.1, 0.15) is 11.9 Å². The van der Waals surface area contributed by atoms with Crippen LogP contribution in [0, 0.1) is 6.92 Å². The molecular formula is C18H30N4O2. The van der Waals surface area contributed by atoms with E-state index in [0.29, 0.717) is 19.1 Å². The number of ether oxygens (including phenoxy) is 1. The standard InChI is InChI=1S/C18H30N4O2/c1-14-5-7-17(8-6-14)24-15(2)11-19-18(23)20-12-16-13-21(3)9-10-22(16)4/h5-8,15-16H,9-13H2,1-4H3,(H2,19,20,23)/t15-,16+/m0/s1. The average Bonchev–Trinajstić information content (AvgIpc) is 2.56. The number of urea groups is 1. The molecule has 1 saturated heterocycles. The van der Waals surface area contributed by atoms with E-state index >= 15 is 0 Å². The van der Waals surface area contributed by atoms with Gasteiger partial charge in [0.25, 0.3) is 0 Å². The molecule has 0 bridgehead atoms. The number of rotatable bonds is 6. The molecule has 0 spiro atoms. The van der Waals surface area contributed by atoms with Gasteiger partial charge in [-0.2, -0.15) is 0 Å². The highest BCUT2D eigenvalue weighted by Crippen LogP contribution is 2.12. The van der Waals surface area contributed by atoms with Crippen LogP contribution < -0.4 is 15.4 Å². The maximum atomic E-state index is 12.0. The molecule has 2 atom stereocenters. The van der Waals surface area contributed by atoms with Gasteiger partial charge < -0.3 is 20.3 Å². The van der Waals surface area contributed by atoms with Crippen LogP contribution in [0.3, 0.4) is 0 Å². The third-order valence-electron chi connectivity index (χ3n) is 4.39. The second kappa shape index (κ2) is 8.89. The van der Waals surface area contributed by atoms with Crippen LogP contribution >= 0.6 is 0 Å². The molecule has 1 aromatic carbocycles. The second-order valence-corrected chi connectivity index (χ2v) is 6.73. The minimum atomic E-state index is -0.143. The van der Waals surface area contributed by atoms with E-state index in [1.54, 1.807) is 0 Å². The molecule has 2 rings (SSSR count). The van der Waals surface area contributed by atoms with Crippen LogP contribution in [-0.2, 0) is 0 Å². The van der Waals surface area contributed by atoms with Crippen molar-refractivity contribution in [2.24, 2.45) is 0 Å². The monoisotopic (exact) mass is 334 g/mol. The SMILES string of the molecule is Cc1ccc(O[C@@H](C)CNC(=O)NC[C@@H]2CN(C)CCN2C)cc1. The van der Waals surface area contributed by atoms with Crippen LogP contribution in [0.1, 0.15) is 12.5 Å². The summed E-state index contributed by atoms with van der Waals surface area (Å²) in [6.07, 6.45) is -0.0815. The van der Waals surface area contributed by atoms with Gasteiger partial charge in [0.2, 0.25) is 0 Å². The first-order chi connectivity index (χ1) is 11.4. The number of piperazine rings is 1. The lowest BCUT2D eigenvalue weighted by Gasteiger charge is -2.37. The van der Waals surface area contributed by atoms with Crippen LogP contribution in [0.25, 0.3) is 0 Å². The molecular weight excluding hydrogens is 304 g/mol. The molecule has 1 aliphatic rings. The van der Waals surface area contributed by atoms with Gasteiger partial charge in [0.15, 0.2) is 0 Å². The normalized spacial score (nSPS) is 20.4.